The Morgan fingerprint density at radius 2 is 1.72 bits per heavy atom. The fourth-order valence-electron chi connectivity index (χ4n) is 2.73. The minimum Gasteiger partial charge on any atom is -0.322 e. The second-order valence-electron chi connectivity index (χ2n) is 6.41. The Kier molecular flexibility index (Phi) is 6.20. The lowest BCUT2D eigenvalue weighted by Crippen LogP contribution is -2.29. The number of nitrogens with one attached hydrogen (secondary N) is 1. The van der Waals surface area contributed by atoms with Crippen molar-refractivity contribution in [2.24, 2.45) is 0 Å². The van der Waals surface area contributed by atoms with Gasteiger partial charge in [-0.25, -0.2) is 12.8 Å². The first-order valence-electron chi connectivity index (χ1n) is 8.61. The number of carbonyl (C=O) groups excluding carboxylic acids is 1. The SMILES string of the molecule is CS(=O)(=O)N(Cc1ccc(C(=O)Nc2cccc(F)c2)cc1)c1cccc(Cl)c1. The highest BCUT2D eigenvalue weighted by Crippen LogP contribution is 2.24. The van der Waals surface area contributed by atoms with Crippen LogP contribution >= 0.6 is 11.6 Å². The largest absolute Gasteiger partial charge is 0.322 e. The Morgan fingerprint density at radius 3 is 2.34 bits per heavy atom. The van der Waals surface area contributed by atoms with E-state index in [0.29, 0.717) is 27.5 Å². The molecule has 5 nitrogen and oxygen atoms in total. The van der Waals surface area contributed by atoms with Crippen molar-refractivity contribution in [2.75, 3.05) is 15.9 Å². The van der Waals surface area contributed by atoms with Crippen LogP contribution in [-0.2, 0) is 16.6 Å². The van der Waals surface area contributed by atoms with Crippen LogP contribution in [0, 0.1) is 5.82 Å². The molecule has 0 radical (unpaired) electrons. The van der Waals surface area contributed by atoms with E-state index in [0.717, 1.165) is 6.26 Å². The summed E-state index contributed by atoms with van der Waals surface area (Å²) in [6.07, 6.45) is 1.12. The van der Waals surface area contributed by atoms with Gasteiger partial charge in [0, 0.05) is 16.3 Å². The predicted octanol–water partition coefficient (Wildman–Crippen LogP) is 4.70. The van der Waals surface area contributed by atoms with Gasteiger partial charge in [0.25, 0.3) is 5.91 Å². The van der Waals surface area contributed by atoms with Crippen LogP contribution in [-0.4, -0.2) is 20.6 Å². The standard InChI is InChI=1S/C21H18ClFN2O3S/c1-29(27,28)25(20-7-2-4-17(22)12-20)14-15-8-10-16(11-9-15)21(26)24-19-6-3-5-18(23)13-19/h2-13H,14H2,1H3,(H,24,26). The van der Waals surface area contributed by atoms with E-state index >= 15 is 0 Å². The summed E-state index contributed by atoms with van der Waals surface area (Å²) in [5, 5.41) is 3.05. The van der Waals surface area contributed by atoms with E-state index in [-0.39, 0.29) is 6.54 Å². The first-order chi connectivity index (χ1) is 13.7. The van der Waals surface area contributed by atoms with Crippen LogP contribution in [0.5, 0.6) is 0 Å². The second kappa shape index (κ2) is 8.63. The van der Waals surface area contributed by atoms with E-state index in [1.54, 1.807) is 54.6 Å². The third-order valence-corrected chi connectivity index (χ3v) is 5.50. The molecular formula is C21H18ClFN2O3S. The number of nitrogens with zero attached hydrogens (tertiary/aromatic N) is 1. The number of hydrogen-bond donors (Lipinski definition) is 1. The molecule has 0 aliphatic heterocycles. The van der Waals surface area contributed by atoms with Crippen molar-refractivity contribution in [1.29, 1.82) is 0 Å². The number of anilines is 2. The normalized spacial score (nSPS) is 11.1. The van der Waals surface area contributed by atoms with Crippen molar-refractivity contribution >= 4 is 38.9 Å². The van der Waals surface area contributed by atoms with Crippen LogP contribution in [0.1, 0.15) is 15.9 Å². The fraction of sp³-hybridized carbons (Fsp3) is 0.0952. The van der Waals surface area contributed by atoms with Crippen molar-refractivity contribution < 1.29 is 17.6 Å². The lowest BCUT2D eigenvalue weighted by molar-refractivity contribution is 0.102. The maximum atomic E-state index is 13.2. The predicted molar refractivity (Wildman–Crippen MR) is 113 cm³/mol. The maximum Gasteiger partial charge on any atom is 0.255 e. The lowest BCUT2D eigenvalue weighted by Gasteiger charge is -2.22. The topological polar surface area (TPSA) is 66.5 Å². The van der Waals surface area contributed by atoms with Gasteiger partial charge in [0.15, 0.2) is 0 Å². The minimum atomic E-state index is -3.54. The summed E-state index contributed by atoms with van der Waals surface area (Å²) in [6.45, 7) is 0.0883. The van der Waals surface area contributed by atoms with Gasteiger partial charge in [0.05, 0.1) is 18.5 Å². The van der Waals surface area contributed by atoms with Crippen LogP contribution in [0.2, 0.25) is 5.02 Å². The van der Waals surface area contributed by atoms with Gasteiger partial charge in [-0.1, -0.05) is 35.9 Å². The van der Waals surface area contributed by atoms with Gasteiger partial charge < -0.3 is 5.32 Å². The van der Waals surface area contributed by atoms with Crippen molar-refractivity contribution in [1.82, 2.24) is 0 Å². The molecule has 0 atom stereocenters. The summed E-state index contributed by atoms with van der Waals surface area (Å²) in [5.41, 5.74) is 1.86. The molecule has 0 saturated carbocycles. The molecule has 0 aliphatic rings. The van der Waals surface area contributed by atoms with Crippen LogP contribution in [0.25, 0.3) is 0 Å². The zero-order chi connectivity index (χ0) is 21.0. The molecule has 3 aromatic carbocycles. The van der Waals surface area contributed by atoms with Gasteiger partial charge in [-0.2, -0.15) is 0 Å². The molecule has 3 rings (SSSR count). The average molecular weight is 433 g/mol. The first-order valence-corrected chi connectivity index (χ1v) is 10.8. The quantitative estimate of drug-likeness (QED) is 0.614. The average Bonchev–Trinajstić information content (AvgIpc) is 2.65. The zero-order valence-corrected chi connectivity index (χ0v) is 17.0. The molecule has 3 aromatic rings. The van der Waals surface area contributed by atoms with E-state index in [2.05, 4.69) is 5.32 Å². The van der Waals surface area contributed by atoms with E-state index in [1.807, 2.05) is 0 Å². The van der Waals surface area contributed by atoms with Crippen molar-refractivity contribution in [2.45, 2.75) is 6.54 Å². The van der Waals surface area contributed by atoms with E-state index in [1.165, 1.54) is 22.5 Å². The Labute approximate surface area is 173 Å². The molecular weight excluding hydrogens is 415 g/mol. The third-order valence-electron chi connectivity index (χ3n) is 4.12. The molecule has 0 heterocycles. The highest BCUT2D eigenvalue weighted by atomic mass is 35.5. The minimum absolute atomic E-state index is 0.0883. The Morgan fingerprint density at radius 1 is 1.03 bits per heavy atom. The summed E-state index contributed by atoms with van der Waals surface area (Å²) in [7, 11) is -3.54. The summed E-state index contributed by atoms with van der Waals surface area (Å²) in [5.74, 6) is -0.836. The summed E-state index contributed by atoms with van der Waals surface area (Å²) >= 11 is 5.98. The smallest absolute Gasteiger partial charge is 0.255 e. The number of benzene rings is 3. The van der Waals surface area contributed by atoms with E-state index in [9.17, 15) is 17.6 Å². The van der Waals surface area contributed by atoms with E-state index in [4.69, 9.17) is 11.6 Å². The Hall–Kier alpha value is -2.90. The monoisotopic (exact) mass is 432 g/mol. The van der Waals surface area contributed by atoms with Gasteiger partial charge in [-0.05, 0) is 54.1 Å². The van der Waals surface area contributed by atoms with Gasteiger partial charge >= 0.3 is 0 Å². The highest BCUT2D eigenvalue weighted by molar-refractivity contribution is 7.92. The fourth-order valence-corrected chi connectivity index (χ4v) is 3.79. The number of rotatable bonds is 6. The molecule has 0 aromatic heterocycles. The van der Waals surface area contributed by atoms with Crippen LogP contribution in [0.15, 0.2) is 72.8 Å². The number of carbonyl (C=O) groups is 1. The molecule has 0 fully saturated rings. The Bertz CT molecular complexity index is 1130. The van der Waals surface area contributed by atoms with Crippen molar-refractivity contribution in [3.05, 3.63) is 94.8 Å². The molecule has 8 heteroatoms. The number of hydrogen-bond acceptors (Lipinski definition) is 3. The third kappa shape index (κ3) is 5.56. The molecule has 150 valence electrons. The van der Waals surface area contributed by atoms with Crippen molar-refractivity contribution in [3.63, 3.8) is 0 Å². The van der Waals surface area contributed by atoms with Crippen LogP contribution in [0.4, 0.5) is 15.8 Å². The number of sulfonamides is 1. The van der Waals surface area contributed by atoms with Gasteiger partial charge in [-0.3, -0.25) is 9.10 Å². The highest BCUT2D eigenvalue weighted by Gasteiger charge is 2.18. The maximum absolute atomic E-state index is 13.2. The summed E-state index contributed by atoms with van der Waals surface area (Å²) in [6, 6.07) is 18.7. The van der Waals surface area contributed by atoms with Crippen molar-refractivity contribution in [3.8, 4) is 0 Å². The lowest BCUT2D eigenvalue weighted by atomic mass is 10.1. The molecule has 1 amide bonds. The molecule has 0 saturated heterocycles. The Balaban J connectivity index is 1.77. The number of amides is 1. The summed E-state index contributed by atoms with van der Waals surface area (Å²) in [4.78, 5) is 12.3. The molecule has 0 bridgehead atoms. The number of halogens is 2. The molecule has 0 aliphatic carbocycles. The van der Waals surface area contributed by atoms with Gasteiger partial charge in [-0.15, -0.1) is 0 Å². The van der Waals surface area contributed by atoms with E-state index < -0.39 is 21.7 Å². The summed E-state index contributed by atoms with van der Waals surface area (Å²) < 4.78 is 39.0. The van der Waals surface area contributed by atoms with Gasteiger partial charge in [0.1, 0.15) is 5.82 Å². The van der Waals surface area contributed by atoms with Crippen LogP contribution in [0.3, 0.4) is 0 Å². The molecule has 0 spiro atoms. The van der Waals surface area contributed by atoms with Crippen LogP contribution < -0.4 is 9.62 Å². The second-order valence-corrected chi connectivity index (χ2v) is 8.75. The first kappa shape index (κ1) is 20.8. The zero-order valence-electron chi connectivity index (χ0n) is 15.5. The molecule has 1 N–H and O–H groups in total. The molecule has 0 unspecified atom stereocenters. The molecule has 29 heavy (non-hydrogen) atoms. The van der Waals surface area contributed by atoms with Gasteiger partial charge in [0.2, 0.25) is 10.0 Å².